The highest BCUT2D eigenvalue weighted by Gasteiger charge is 2.45. The number of aliphatic hydroxyl groups excluding tert-OH is 1. The van der Waals surface area contributed by atoms with Crippen molar-refractivity contribution in [2.75, 3.05) is 81.6 Å². The highest BCUT2D eigenvalue weighted by molar-refractivity contribution is 7.13. The number of hydrogen-bond donors (Lipinski definition) is 9. The molecule has 4 atom stereocenters. The topological polar surface area (TPSA) is 381 Å². The number of ether oxygens (including phenoxy) is 2. The zero-order valence-electron chi connectivity index (χ0n) is 57.1. The Labute approximate surface area is 585 Å². The summed E-state index contributed by atoms with van der Waals surface area (Å²) in [6.07, 6.45) is 10.6. The fraction of sp³-hybridized carbons (Fsp3) is 0.493. The number of benzene rings is 2. The van der Waals surface area contributed by atoms with E-state index in [2.05, 4.69) is 62.1 Å². The number of rotatable bonds is 32. The van der Waals surface area contributed by atoms with E-state index in [4.69, 9.17) is 15.2 Å². The van der Waals surface area contributed by atoms with Crippen molar-refractivity contribution >= 4 is 87.6 Å². The average Bonchev–Trinajstić information content (AvgIpc) is 1.49. The number of imide groups is 1. The van der Waals surface area contributed by atoms with Crippen LogP contribution in [0.2, 0.25) is 0 Å². The van der Waals surface area contributed by atoms with Gasteiger partial charge in [0.25, 0.3) is 17.7 Å². The number of nitrogen functional groups attached to an aromatic ring is 1. The van der Waals surface area contributed by atoms with Gasteiger partial charge in [0.05, 0.1) is 78.1 Å². The number of likely N-dealkylation sites (tertiary alicyclic amines) is 1. The summed E-state index contributed by atoms with van der Waals surface area (Å²) in [5.74, 6) is -4.05. The number of nitrogens with one attached hydrogen (secondary N) is 7. The van der Waals surface area contributed by atoms with Gasteiger partial charge in [-0.2, -0.15) is 0 Å². The van der Waals surface area contributed by atoms with Crippen LogP contribution in [-0.2, 0) is 65.7 Å². The summed E-state index contributed by atoms with van der Waals surface area (Å²) in [5.41, 5.74) is 12.8. The molecule has 1 saturated carbocycles. The standard InChI is InChI=1S/C71H91N15O13S/c1-44-63(100-43-79-44)49-17-11-46(12-18-49)38-78-68(95)56-36-51(87)42-85(56)70(97)64(71(2,3)4)83-59(90)26-32-98-33-29-74-57(88)22-21-52(80-58(89)8-6-5-7-27-75-66(93)50-19-13-47(14-20-50)41-86-60(91)23-24-61(86)92)67(94)77-37-45-9-15-48(16-10-45)53-40-76-65(72)62(81-53)69(96)82-54-39-73-28-25-55(54)84-30-34-99-35-31-84/h9-12,15-18,23-25,28,39-40,43,47,50-52,56,64,87H,5-8,13-14,19-22,26-27,29-38,41-42H2,1-4H3,(H2,72,76)(H,74,88)(H,75,93)(H,77,94)(H,78,95)(H,80,89)(H,82,96)(H,83,90)/t47?,50?,51-,52+,56+,64-/m1/s1. The van der Waals surface area contributed by atoms with Crippen molar-refractivity contribution in [3.05, 3.63) is 113 Å². The normalized spacial score (nSPS) is 18.2. The molecule has 10 amide bonds. The van der Waals surface area contributed by atoms with Crippen LogP contribution in [0.1, 0.15) is 125 Å². The van der Waals surface area contributed by atoms with Gasteiger partial charge in [0, 0.05) is 108 Å². The highest BCUT2D eigenvalue weighted by atomic mass is 32.1. The van der Waals surface area contributed by atoms with Crippen LogP contribution in [0.25, 0.3) is 21.7 Å². The fourth-order valence-electron chi connectivity index (χ4n) is 12.4. The first-order chi connectivity index (χ1) is 48.1. The lowest BCUT2D eigenvalue weighted by Crippen LogP contribution is -2.57. The highest BCUT2D eigenvalue weighted by Crippen LogP contribution is 2.33. The van der Waals surface area contributed by atoms with Gasteiger partial charge >= 0.3 is 0 Å². The Morgan fingerprint density at radius 1 is 0.750 bits per heavy atom. The minimum absolute atomic E-state index is 0.0263. The van der Waals surface area contributed by atoms with Gasteiger partial charge in [0.2, 0.25) is 41.4 Å². The lowest BCUT2D eigenvalue weighted by Gasteiger charge is -2.35. The van der Waals surface area contributed by atoms with Crippen LogP contribution >= 0.6 is 11.3 Å². The molecule has 6 heterocycles. The Morgan fingerprint density at radius 2 is 1.44 bits per heavy atom. The summed E-state index contributed by atoms with van der Waals surface area (Å²) >= 11 is 1.55. The van der Waals surface area contributed by atoms with Gasteiger partial charge in [-0.05, 0) is 86.0 Å². The smallest absolute Gasteiger partial charge is 0.278 e. The maximum absolute atomic E-state index is 14.2. The molecule has 1 aliphatic carbocycles. The van der Waals surface area contributed by atoms with Crippen molar-refractivity contribution in [1.29, 1.82) is 0 Å². The van der Waals surface area contributed by atoms with Gasteiger partial charge in [0.1, 0.15) is 18.1 Å². The average molecular weight is 1390 g/mol. The number of thiazole rings is 1. The summed E-state index contributed by atoms with van der Waals surface area (Å²) < 4.78 is 11.2. The molecule has 3 fully saturated rings. The van der Waals surface area contributed by atoms with E-state index in [-0.39, 0.29) is 113 Å². The first-order valence-electron chi connectivity index (χ1n) is 34.2. The van der Waals surface area contributed by atoms with Crippen LogP contribution in [0.4, 0.5) is 17.2 Å². The minimum Gasteiger partial charge on any atom is -0.391 e. The maximum Gasteiger partial charge on any atom is 0.278 e. The molecular weight excluding hydrogens is 1300 g/mol. The molecule has 2 saturated heterocycles. The second-order valence-corrected chi connectivity index (χ2v) is 27.5. The molecule has 2 aromatic carbocycles. The molecule has 3 aromatic heterocycles. The van der Waals surface area contributed by atoms with E-state index in [0.29, 0.717) is 94.0 Å². The number of unbranched alkanes of at least 4 members (excludes halogenated alkanes) is 2. The molecule has 5 aromatic rings. The summed E-state index contributed by atoms with van der Waals surface area (Å²) in [6.45, 7) is 10.7. The number of aromatic nitrogens is 4. The van der Waals surface area contributed by atoms with Gasteiger partial charge < -0.3 is 67.3 Å². The third-order valence-electron chi connectivity index (χ3n) is 18.1. The second kappa shape index (κ2) is 36.0. The minimum atomic E-state index is -1.10. The van der Waals surface area contributed by atoms with Crippen LogP contribution in [0.15, 0.2) is 90.9 Å². The van der Waals surface area contributed by atoms with E-state index >= 15 is 0 Å². The largest absolute Gasteiger partial charge is 0.391 e. The number of carbonyl (C=O) groups excluding carboxylic acids is 10. The molecular formula is C71H91N15O13S. The van der Waals surface area contributed by atoms with Crippen molar-refractivity contribution < 1.29 is 62.5 Å². The zero-order valence-corrected chi connectivity index (χ0v) is 57.9. The number of pyridine rings is 1. The van der Waals surface area contributed by atoms with E-state index in [1.807, 2.05) is 37.3 Å². The number of hydrogen-bond acceptors (Lipinski definition) is 20. The van der Waals surface area contributed by atoms with Crippen molar-refractivity contribution in [3.63, 3.8) is 0 Å². The predicted octanol–water partition coefficient (Wildman–Crippen LogP) is 4.26. The lowest BCUT2D eigenvalue weighted by atomic mass is 9.81. The monoisotopic (exact) mass is 1390 g/mol. The third-order valence-corrected chi connectivity index (χ3v) is 19.1. The molecule has 28 nitrogen and oxygen atoms in total. The number of aliphatic hydroxyl groups is 1. The van der Waals surface area contributed by atoms with Crippen LogP contribution in [0.3, 0.4) is 0 Å². The summed E-state index contributed by atoms with van der Waals surface area (Å²) in [5, 5.41) is 30.8. The Kier molecular flexibility index (Phi) is 26.8. The summed E-state index contributed by atoms with van der Waals surface area (Å²) in [6, 6.07) is 13.5. The molecule has 3 aliphatic heterocycles. The molecule has 9 rings (SSSR count). The van der Waals surface area contributed by atoms with Gasteiger partial charge in [0.15, 0.2) is 11.5 Å². The number of morpholine rings is 1. The molecule has 0 spiro atoms. The van der Waals surface area contributed by atoms with Crippen molar-refractivity contribution in [2.45, 2.75) is 142 Å². The van der Waals surface area contributed by atoms with Gasteiger partial charge in [-0.3, -0.25) is 57.8 Å². The first kappa shape index (κ1) is 74.6. The number of aryl methyl sites for hydroxylation is 1. The number of amides is 10. The molecule has 534 valence electrons. The van der Waals surface area contributed by atoms with Crippen LogP contribution in [0, 0.1) is 24.2 Å². The molecule has 29 heteroatoms. The predicted molar refractivity (Wildman–Crippen MR) is 373 cm³/mol. The van der Waals surface area contributed by atoms with E-state index in [1.54, 1.807) is 74.3 Å². The molecule has 10 N–H and O–H groups in total. The van der Waals surface area contributed by atoms with Crippen molar-refractivity contribution in [3.8, 4) is 21.7 Å². The first-order valence-corrected chi connectivity index (χ1v) is 35.0. The number of β-amino-alcohol motifs (C(OH)–C–C–N with tert-alkyl or cyclic N) is 1. The quantitative estimate of drug-likeness (QED) is 0.0214. The van der Waals surface area contributed by atoms with E-state index in [1.165, 1.54) is 28.1 Å². The Bertz CT molecular complexity index is 3720. The summed E-state index contributed by atoms with van der Waals surface area (Å²) in [4.78, 5) is 156. The molecule has 0 unspecified atom stereocenters. The van der Waals surface area contributed by atoms with E-state index in [0.717, 1.165) is 40.2 Å². The van der Waals surface area contributed by atoms with Crippen LogP contribution in [-0.4, -0.2) is 184 Å². The maximum atomic E-state index is 14.2. The Morgan fingerprint density at radius 3 is 2.13 bits per heavy atom. The SMILES string of the molecule is Cc1ncsc1-c1ccc(CNC(=O)[C@@H]2C[C@@H](O)CN2C(=O)[C@@H](NC(=O)CCOCCNC(=O)CC[C@H](NC(=O)CCCCCNC(=O)C2CCC(CN3C(=O)C=CC3=O)CC2)C(=O)NCc2ccc(-c3cnc(N)c(C(=O)Nc4cnccc4N4CCOCC4)n3)cc2)C(C)(C)C)cc1. The molecule has 4 aliphatic rings. The Balaban J connectivity index is 0.722. The third kappa shape index (κ3) is 21.2. The lowest BCUT2D eigenvalue weighted by molar-refractivity contribution is -0.144. The number of carbonyl (C=O) groups is 10. The number of nitrogens with zero attached hydrogens (tertiary/aromatic N) is 7. The molecule has 100 heavy (non-hydrogen) atoms. The van der Waals surface area contributed by atoms with Crippen LogP contribution in [0.5, 0.6) is 0 Å². The van der Waals surface area contributed by atoms with E-state index in [9.17, 15) is 53.1 Å². The fourth-order valence-corrected chi connectivity index (χ4v) is 13.2. The molecule has 0 bridgehead atoms. The van der Waals surface area contributed by atoms with Crippen molar-refractivity contribution in [2.24, 2.45) is 17.3 Å². The van der Waals surface area contributed by atoms with Gasteiger partial charge in [-0.25, -0.2) is 15.0 Å². The van der Waals surface area contributed by atoms with Crippen molar-refractivity contribution in [1.82, 2.24) is 61.6 Å². The van der Waals surface area contributed by atoms with Gasteiger partial charge in [-0.1, -0.05) is 75.7 Å². The summed E-state index contributed by atoms with van der Waals surface area (Å²) in [7, 11) is 0. The van der Waals surface area contributed by atoms with Gasteiger partial charge in [-0.15, -0.1) is 11.3 Å². The van der Waals surface area contributed by atoms with Crippen LogP contribution < -0.4 is 47.9 Å². The second-order valence-electron chi connectivity index (χ2n) is 26.6. The zero-order chi connectivity index (χ0) is 71.3. The molecule has 0 radical (unpaired) electrons. The Hall–Kier alpha value is -9.58. The number of anilines is 3. The van der Waals surface area contributed by atoms with E-state index < -0.39 is 71.0 Å². The number of nitrogens with two attached hydrogens (primary N) is 1.